The summed E-state index contributed by atoms with van der Waals surface area (Å²) in [5.74, 6) is 0. The minimum absolute atomic E-state index is 0.391. The van der Waals surface area contributed by atoms with Gasteiger partial charge >= 0.3 is 7.12 Å². The van der Waals surface area contributed by atoms with Crippen LogP contribution < -0.4 is 5.32 Å². The molecule has 0 fully saturated rings. The molecule has 0 radical (unpaired) electrons. The van der Waals surface area contributed by atoms with Crippen LogP contribution in [0.1, 0.15) is 16.7 Å². The van der Waals surface area contributed by atoms with Gasteiger partial charge in [0.15, 0.2) is 0 Å². The molecule has 4 heteroatoms. The third-order valence-corrected chi connectivity index (χ3v) is 2.30. The van der Waals surface area contributed by atoms with Crippen molar-refractivity contribution in [3.05, 3.63) is 40.5 Å². The molecule has 15 heavy (non-hydrogen) atoms. The molecule has 0 aliphatic heterocycles. The van der Waals surface area contributed by atoms with E-state index < -0.39 is 7.12 Å². The van der Waals surface area contributed by atoms with E-state index >= 15 is 0 Å². The smallest absolute Gasteiger partial charge is 0.422 e. The maximum absolute atomic E-state index is 9.04. The van der Waals surface area contributed by atoms with Crippen molar-refractivity contribution < 1.29 is 10.0 Å². The molecule has 0 saturated heterocycles. The van der Waals surface area contributed by atoms with Crippen molar-refractivity contribution in [3.63, 3.8) is 0 Å². The van der Waals surface area contributed by atoms with E-state index in [9.17, 15) is 0 Å². The predicted octanol–water partition coefficient (Wildman–Crippen LogP) is 0.876. The standard InChI is InChI=1S/C11H16BNO2/c1-8-4-5-10(9(2)6-8)7-11(13-3)12(14)15/h4-7,13-15H,1-3H3/b11-7+. The van der Waals surface area contributed by atoms with Gasteiger partial charge in [-0.1, -0.05) is 23.8 Å². The number of hydrogen-bond acceptors (Lipinski definition) is 3. The van der Waals surface area contributed by atoms with Crippen LogP contribution in [0.2, 0.25) is 0 Å². The zero-order valence-corrected chi connectivity index (χ0v) is 9.28. The van der Waals surface area contributed by atoms with Crippen LogP contribution in [-0.2, 0) is 0 Å². The van der Waals surface area contributed by atoms with E-state index in [1.165, 1.54) is 5.56 Å². The molecule has 0 unspecified atom stereocenters. The molecule has 0 atom stereocenters. The number of hydrogen-bond donors (Lipinski definition) is 3. The van der Waals surface area contributed by atoms with Gasteiger partial charge in [-0.15, -0.1) is 0 Å². The Bertz CT molecular complexity index is 375. The number of rotatable bonds is 3. The summed E-state index contributed by atoms with van der Waals surface area (Å²) in [4.78, 5) is 0. The minimum Gasteiger partial charge on any atom is -0.422 e. The van der Waals surface area contributed by atoms with E-state index in [0.29, 0.717) is 5.60 Å². The summed E-state index contributed by atoms with van der Waals surface area (Å²) in [6, 6.07) is 6.02. The third kappa shape index (κ3) is 3.11. The summed E-state index contributed by atoms with van der Waals surface area (Å²) in [6.07, 6.45) is 1.74. The summed E-state index contributed by atoms with van der Waals surface area (Å²) in [7, 11) is 0.199. The van der Waals surface area contributed by atoms with Gasteiger partial charge in [0.25, 0.3) is 0 Å². The Kier molecular flexibility index (Phi) is 3.94. The zero-order chi connectivity index (χ0) is 11.4. The van der Waals surface area contributed by atoms with Crippen LogP contribution in [0.15, 0.2) is 23.8 Å². The van der Waals surface area contributed by atoms with Crippen molar-refractivity contribution in [1.29, 1.82) is 0 Å². The van der Waals surface area contributed by atoms with Crippen LogP contribution in [0, 0.1) is 13.8 Å². The lowest BCUT2D eigenvalue weighted by Crippen LogP contribution is -2.25. The largest absolute Gasteiger partial charge is 0.505 e. The Labute approximate surface area is 90.6 Å². The Morgan fingerprint density at radius 3 is 2.47 bits per heavy atom. The molecule has 3 nitrogen and oxygen atoms in total. The highest BCUT2D eigenvalue weighted by Gasteiger charge is 2.12. The van der Waals surface area contributed by atoms with Gasteiger partial charge in [-0.25, -0.2) is 0 Å². The normalized spacial score (nSPS) is 11.4. The quantitative estimate of drug-likeness (QED) is 0.642. The number of aryl methyl sites for hydroxylation is 2. The monoisotopic (exact) mass is 205 g/mol. The van der Waals surface area contributed by atoms with Gasteiger partial charge in [-0.3, -0.25) is 0 Å². The second-order valence-electron chi connectivity index (χ2n) is 3.58. The highest BCUT2D eigenvalue weighted by molar-refractivity contribution is 6.51. The zero-order valence-electron chi connectivity index (χ0n) is 9.28. The summed E-state index contributed by atoms with van der Waals surface area (Å²) >= 11 is 0. The average molecular weight is 205 g/mol. The van der Waals surface area contributed by atoms with Gasteiger partial charge in [-0.05, 0) is 31.1 Å². The van der Waals surface area contributed by atoms with Crippen LogP contribution in [-0.4, -0.2) is 24.2 Å². The topological polar surface area (TPSA) is 52.5 Å². The lowest BCUT2D eigenvalue weighted by atomic mass is 9.84. The average Bonchev–Trinajstić information content (AvgIpc) is 2.16. The summed E-state index contributed by atoms with van der Waals surface area (Å²) < 4.78 is 0. The van der Waals surface area contributed by atoms with Crippen molar-refractivity contribution in [3.8, 4) is 0 Å². The van der Waals surface area contributed by atoms with Crippen LogP contribution in [0.4, 0.5) is 0 Å². The first-order valence-corrected chi connectivity index (χ1v) is 4.87. The van der Waals surface area contributed by atoms with E-state index in [-0.39, 0.29) is 0 Å². The molecule has 0 spiro atoms. The number of benzene rings is 1. The fourth-order valence-corrected chi connectivity index (χ4v) is 1.43. The maximum atomic E-state index is 9.04. The highest BCUT2D eigenvalue weighted by Crippen LogP contribution is 2.13. The number of nitrogens with one attached hydrogen (secondary N) is 1. The van der Waals surface area contributed by atoms with Gasteiger partial charge in [0, 0.05) is 12.6 Å². The van der Waals surface area contributed by atoms with Crippen LogP contribution in [0.3, 0.4) is 0 Å². The maximum Gasteiger partial charge on any atom is 0.505 e. The molecule has 0 aliphatic rings. The Balaban J connectivity index is 3.06. The van der Waals surface area contributed by atoms with Crippen molar-refractivity contribution in [2.24, 2.45) is 0 Å². The molecular weight excluding hydrogens is 189 g/mol. The van der Waals surface area contributed by atoms with Crippen molar-refractivity contribution in [2.45, 2.75) is 13.8 Å². The molecule has 0 amide bonds. The first-order valence-electron chi connectivity index (χ1n) is 4.87. The van der Waals surface area contributed by atoms with Gasteiger partial charge in [0.2, 0.25) is 0 Å². The van der Waals surface area contributed by atoms with Crippen LogP contribution in [0.25, 0.3) is 6.08 Å². The Hall–Kier alpha value is -1.26. The van der Waals surface area contributed by atoms with Crippen molar-refractivity contribution in [2.75, 3.05) is 7.05 Å². The molecule has 0 aliphatic carbocycles. The van der Waals surface area contributed by atoms with Gasteiger partial charge < -0.3 is 15.4 Å². The van der Waals surface area contributed by atoms with Gasteiger partial charge in [0.05, 0.1) is 0 Å². The highest BCUT2D eigenvalue weighted by atomic mass is 16.4. The van der Waals surface area contributed by atoms with E-state index in [1.807, 2.05) is 26.0 Å². The first kappa shape index (κ1) is 11.8. The van der Waals surface area contributed by atoms with E-state index in [1.54, 1.807) is 13.1 Å². The van der Waals surface area contributed by atoms with E-state index in [0.717, 1.165) is 11.1 Å². The SMILES string of the molecule is CN/C(=C/c1ccc(C)cc1C)B(O)O. The van der Waals surface area contributed by atoms with Gasteiger partial charge in [-0.2, -0.15) is 0 Å². The van der Waals surface area contributed by atoms with Crippen LogP contribution in [0.5, 0.6) is 0 Å². The fourth-order valence-electron chi connectivity index (χ4n) is 1.43. The summed E-state index contributed by atoms with van der Waals surface area (Å²) in [5.41, 5.74) is 3.68. The second-order valence-corrected chi connectivity index (χ2v) is 3.58. The van der Waals surface area contributed by atoms with E-state index in [2.05, 4.69) is 11.4 Å². The lowest BCUT2D eigenvalue weighted by Gasteiger charge is -2.07. The van der Waals surface area contributed by atoms with Crippen molar-refractivity contribution in [1.82, 2.24) is 5.32 Å². The molecule has 1 aromatic carbocycles. The molecule has 0 bridgehead atoms. The summed E-state index contributed by atoms with van der Waals surface area (Å²) in [6.45, 7) is 4.02. The molecule has 1 rings (SSSR count). The molecule has 0 aromatic heterocycles. The summed E-state index contributed by atoms with van der Waals surface area (Å²) in [5, 5.41) is 20.8. The molecule has 0 heterocycles. The molecule has 1 aromatic rings. The molecule has 3 N–H and O–H groups in total. The predicted molar refractivity (Wildman–Crippen MR) is 63.1 cm³/mol. The first-order chi connectivity index (χ1) is 7.04. The Morgan fingerprint density at radius 2 is 2.00 bits per heavy atom. The fraction of sp³-hybridized carbons (Fsp3) is 0.273. The minimum atomic E-state index is -1.46. The second kappa shape index (κ2) is 5.00. The lowest BCUT2D eigenvalue weighted by molar-refractivity contribution is 0.416. The van der Waals surface area contributed by atoms with Gasteiger partial charge in [0.1, 0.15) is 0 Å². The van der Waals surface area contributed by atoms with Crippen LogP contribution >= 0.6 is 0 Å². The molecule has 80 valence electrons. The molecular formula is C11H16BNO2. The van der Waals surface area contributed by atoms with Crippen molar-refractivity contribution >= 4 is 13.2 Å². The third-order valence-electron chi connectivity index (χ3n) is 2.30. The Morgan fingerprint density at radius 1 is 1.33 bits per heavy atom. The van der Waals surface area contributed by atoms with E-state index in [4.69, 9.17) is 10.0 Å². The molecule has 0 saturated carbocycles.